The molecule has 21 heavy (non-hydrogen) atoms. The van der Waals surface area contributed by atoms with E-state index in [1.807, 2.05) is 19.1 Å². The van der Waals surface area contributed by atoms with Gasteiger partial charge < -0.3 is 0 Å². The highest BCUT2D eigenvalue weighted by Gasteiger charge is 2.16. The van der Waals surface area contributed by atoms with Crippen molar-refractivity contribution in [1.82, 2.24) is 4.98 Å². The molecule has 0 aliphatic carbocycles. The van der Waals surface area contributed by atoms with Crippen molar-refractivity contribution >= 4 is 15.8 Å². The molecule has 0 unspecified atom stereocenters. The Labute approximate surface area is 126 Å². The summed E-state index contributed by atoms with van der Waals surface area (Å²) in [7, 11) is -3.59. The van der Waals surface area contributed by atoms with E-state index in [1.54, 1.807) is 30.3 Å². The lowest BCUT2D eigenvalue weighted by atomic mass is 10.1. The van der Waals surface area contributed by atoms with Crippen LogP contribution >= 0.6 is 0 Å². The predicted octanol–water partition coefficient (Wildman–Crippen LogP) is 3.53. The van der Waals surface area contributed by atoms with E-state index in [0.29, 0.717) is 5.82 Å². The average Bonchev–Trinajstić information content (AvgIpc) is 2.47. The molecule has 112 valence electrons. The number of pyridine rings is 1. The second-order valence-corrected chi connectivity index (χ2v) is 6.66. The van der Waals surface area contributed by atoms with Crippen molar-refractivity contribution in [2.24, 2.45) is 0 Å². The van der Waals surface area contributed by atoms with Gasteiger partial charge in [0.2, 0.25) is 0 Å². The maximum atomic E-state index is 12.4. The Morgan fingerprint density at radius 2 is 1.81 bits per heavy atom. The van der Waals surface area contributed by atoms with Gasteiger partial charge >= 0.3 is 0 Å². The van der Waals surface area contributed by atoms with Crippen molar-refractivity contribution in [2.45, 2.75) is 38.0 Å². The van der Waals surface area contributed by atoms with Crippen LogP contribution in [-0.2, 0) is 16.4 Å². The monoisotopic (exact) mass is 304 g/mol. The first-order valence-corrected chi connectivity index (χ1v) is 8.55. The molecular formula is C16H20N2O2S. The van der Waals surface area contributed by atoms with Crippen LogP contribution in [0, 0.1) is 6.92 Å². The second-order valence-electron chi connectivity index (χ2n) is 4.98. The van der Waals surface area contributed by atoms with Crippen LogP contribution in [0.2, 0.25) is 0 Å². The zero-order valence-electron chi connectivity index (χ0n) is 12.3. The van der Waals surface area contributed by atoms with Crippen LogP contribution < -0.4 is 4.72 Å². The maximum absolute atomic E-state index is 12.4. The normalized spacial score (nSPS) is 11.3. The molecule has 1 aromatic heterocycles. The fourth-order valence-corrected chi connectivity index (χ4v) is 3.09. The van der Waals surface area contributed by atoms with Gasteiger partial charge in [0, 0.05) is 5.69 Å². The Balaban J connectivity index is 2.32. The van der Waals surface area contributed by atoms with Gasteiger partial charge in [-0.05, 0) is 43.5 Å². The van der Waals surface area contributed by atoms with Crippen molar-refractivity contribution in [1.29, 1.82) is 0 Å². The third-order valence-electron chi connectivity index (χ3n) is 3.20. The van der Waals surface area contributed by atoms with Crippen molar-refractivity contribution in [3.05, 3.63) is 53.7 Å². The lowest BCUT2D eigenvalue weighted by Gasteiger charge is -2.12. The number of hydrogen-bond donors (Lipinski definition) is 1. The minimum absolute atomic E-state index is 0.245. The summed E-state index contributed by atoms with van der Waals surface area (Å²) in [5, 5.41) is 0. The first-order chi connectivity index (χ1) is 10.0. The van der Waals surface area contributed by atoms with Crippen molar-refractivity contribution in [3.8, 4) is 0 Å². The number of aromatic nitrogens is 1. The van der Waals surface area contributed by atoms with Crippen LogP contribution in [-0.4, -0.2) is 13.4 Å². The van der Waals surface area contributed by atoms with Gasteiger partial charge in [-0.25, -0.2) is 13.4 Å². The number of anilines is 1. The van der Waals surface area contributed by atoms with Crippen molar-refractivity contribution in [3.63, 3.8) is 0 Å². The third kappa shape index (κ3) is 4.04. The molecule has 1 N–H and O–H groups in total. The Morgan fingerprint density at radius 1 is 1.10 bits per heavy atom. The number of nitrogens with one attached hydrogen (secondary N) is 1. The first-order valence-electron chi connectivity index (χ1n) is 7.07. The standard InChI is InChI=1S/C16H20N2O2S/c1-3-4-8-14-12-11-13(2)17-16(14)18-21(19,20)15-9-6-5-7-10-15/h5-7,9-12H,3-4,8H2,1-2H3,(H,17,18). The molecule has 0 bridgehead atoms. The molecular weight excluding hydrogens is 284 g/mol. The molecule has 0 fully saturated rings. The number of nitrogens with zero attached hydrogens (tertiary/aromatic N) is 1. The van der Waals surface area contributed by atoms with Gasteiger partial charge in [-0.15, -0.1) is 0 Å². The Hall–Kier alpha value is -1.88. The molecule has 0 saturated heterocycles. The number of benzene rings is 1. The predicted molar refractivity (Wildman–Crippen MR) is 84.8 cm³/mol. The first kappa shape index (κ1) is 15.5. The van der Waals surface area contributed by atoms with Gasteiger partial charge in [-0.1, -0.05) is 37.6 Å². The van der Waals surface area contributed by atoms with Crippen LogP contribution in [0.3, 0.4) is 0 Å². The van der Waals surface area contributed by atoms with Crippen LogP contribution in [0.25, 0.3) is 0 Å². The summed E-state index contributed by atoms with van der Waals surface area (Å²) in [6.45, 7) is 3.96. The van der Waals surface area contributed by atoms with E-state index in [0.717, 1.165) is 30.5 Å². The molecule has 2 aromatic rings. The van der Waals surface area contributed by atoms with E-state index in [4.69, 9.17) is 0 Å². The fraction of sp³-hybridized carbons (Fsp3) is 0.312. The molecule has 0 aliphatic heterocycles. The number of aryl methyl sites for hydroxylation is 2. The Bertz CT molecular complexity index is 697. The van der Waals surface area contributed by atoms with E-state index in [1.165, 1.54) is 0 Å². The minimum atomic E-state index is -3.59. The SMILES string of the molecule is CCCCc1ccc(C)nc1NS(=O)(=O)c1ccccc1. The number of rotatable bonds is 6. The lowest BCUT2D eigenvalue weighted by Crippen LogP contribution is -2.15. The fourth-order valence-electron chi connectivity index (χ4n) is 2.03. The molecule has 5 heteroatoms. The summed E-state index contributed by atoms with van der Waals surface area (Å²) in [4.78, 5) is 4.59. The summed E-state index contributed by atoms with van der Waals surface area (Å²) >= 11 is 0. The van der Waals surface area contributed by atoms with E-state index < -0.39 is 10.0 Å². The Morgan fingerprint density at radius 3 is 2.48 bits per heavy atom. The third-order valence-corrected chi connectivity index (χ3v) is 4.56. The molecule has 0 amide bonds. The smallest absolute Gasteiger partial charge is 0.263 e. The zero-order valence-corrected chi connectivity index (χ0v) is 13.2. The van der Waals surface area contributed by atoms with Crippen LogP contribution in [0.4, 0.5) is 5.82 Å². The molecule has 0 atom stereocenters. The maximum Gasteiger partial charge on any atom is 0.263 e. The highest BCUT2D eigenvalue weighted by Crippen LogP contribution is 2.20. The van der Waals surface area contributed by atoms with Gasteiger partial charge in [0.15, 0.2) is 0 Å². The summed E-state index contributed by atoms with van der Waals surface area (Å²) in [6.07, 6.45) is 2.87. The second kappa shape index (κ2) is 6.72. The van der Waals surface area contributed by atoms with Gasteiger partial charge in [0.1, 0.15) is 5.82 Å². The van der Waals surface area contributed by atoms with Crippen molar-refractivity contribution in [2.75, 3.05) is 4.72 Å². The minimum Gasteiger partial charge on any atom is -0.263 e. The zero-order chi connectivity index (χ0) is 15.3. The van der Waals surface area contributed by atoms with Gasteiger partial charge in [-0.3, -0.25) is 4.72 Å². The lowest BCUT2D eigenvalue weighted by molar-refractivity contribution is 0.601. The molecule has 0 spiro atoms. The molecule has 0 aliphatic rings. The summed E-state index contributed by atoms with van der Waals surface area (Å²) < 4.78 is 27.4. The quantitative estimate of drug-likeness (QED) is 0.888. The largest absolute Gasteiger partial charge is 0.263 e. The molecule has 1 heterocycles. The van der Waals surface area contributed by atoms with Gasteiger partial charge in [0.05, 0.1) is 4.90 Å². The average molecular weight is 304 g/mol. The topological polar surface area (TPSA) is 59.1 Å². The molecule has 0 saturated carbocycles. The highest BCUT2D eigenvalue weighted by molar-refractivity contribution is 7.92. The summed E-state index contributed by atoms with van der Waals surface area (Å²) in [5.41, 5.74) is 1.72. The highest BCUT2D eigenvalue weighted by atomic mass is 32.2. The van der Waals surface area contributed by atoms with Gasteiger partial charge in [-0.2, -0.15) is 0 Å². The summed E-state index contributed by atoms with van der Waals surface area (Å²) in [5.74, 6) is 0.437. The summed E-state index contributed by atoms with van der Waals surface area (Å²) in [6, 6.07) is 12.2. The van der Waals surface area contributed by atoms with Crippen LogP contribution in [0.1, 0.15) is 31.0 Å². The Kier molecular flexibility index (Phi) is 4.96. The van der Waals surface area contributed by atoms with Crippen LogP contribution in [0.5, 0.6) is 0 Å². The molecule has 2 rings (SSSR count). The van der Waals surface area contributed by atoms with Crippen molar-refractivity contribution < 1.29 is 8.42 Å². The molecule has 0 radical (unpaired) electrons. The number of sulfonamides is 1. The van der Waals surface area contributed by atoms with E-state index in [9.17, 15) is 8.42 Å². The van der Waals surface area contributed by atoms with Crippen LogP contribution in [0.15, 0.2) is 47.4 Å². The van der Waals surface area contributed by atoms with E-state index in [2.05, 4.69) is 16.6 Å². The number of hydrogen-bond acceptors (Lipinski definition) is 3. The molecule has 4 nitrogen and oxygen atoms in total. The van der Waals surface area contributed by atoms with E-state index in [-0.39, 0.29) is 4.90 Å². The van der Waals surface area contributed by atoms with E-state index >= 15 is 0 Å². The molecule has 1 aromatic carbocycles. The van der Waals surface area contributed by atoms with Gasteiger partial charge in [0.25, 0.3) is 10.0 Å². The number of unbranched alkanes of at least 4 members (excludes halogenated alkanes) is 1.